The molecule has 1 heterocycles. The molecule has 2 rings (SSSR count). The van der Waals surface area contributed by atoms with Crippen molar-refractivity contribution in [2.45, 2.75) is 19.9 Å². The van der Waals surface area contributed by atoms with Crippen molar-refractivity contribution in [2.24, 2.45) is 11.8 Å². The van der Waals surface area contributed by atoms with Gasteiger partial charge in [-0.1, -0.05) is 6.92 Å². The molecule has 1 N–H and O–H groups in total. The molecular weight excluding hydrogens is 190 g/mol. The van der Waals surface area contributed by atoms with E-state index in [4.69, 9.17) is 4.42 Å². The minimum absolute atomic E-state index is 0.736. The third kappa shape index (κ3) is 2.50. The predicted octanol–water partition coefficient (Wildman–Crippen LogP) is 1.49. The van der Waals surface area contributed by atoms with E-state index in [1.807, 2.05) is 14.1 Å². The Hall–Kier alpha value is -1.03. The first-order chi connectivity index (χ1) is 7.20. The highest BCUT2D eigenvalue weighted by molar-refractivity contribution is 5.26. The molecule has 0 saturated heterocycles. The van der Waals surface area contributed by atoms with Crippen LogP contribution in [0.5, 0.6) is 0 Å². The minimum atomic E-state index is 0.736. The second-order valence-corrected chi connectivity index (χ2v) is 4.51. The van der Waals surface area contributed by atoms with E-state index < -0.39 is 0 Å². The summed E-state index contributed by atoms with van der Waals surface area (Å²) in [7, 11) is 3.95. The number of aromatic nitrogens is 1. The van der Waals surface area contributed by atoms with Crippen LogP contribution >= 0.6 is 0 Å². The summed E-state index contributed by atoms with van der Waals surface area (Å²) in [5, 5.41) is 3.06. The third-order valence-corrected chi connectivity index (χ3v) is 3.01. The molecule has 1 aliphatic carbocycles. The van der Waals surface area contributed by atoms with Gasteiger partial charge in [0, 0.05) is 20.1 Å². The van der Waals surface area contributed by atoms with E-state index >= 15 is 0 Å². The number of hydrogen-bond donors (Lipinski definition) is 1. The third-order valence-electron chi connectivity index (χ3n) is 3.01. The van der Waals surface area contributed by atoms with Crippen LogP contribution in [0.1, 0.15) is 19.0 Å². The first kappa shape index (κ1) is 10.5. The van der Waals surface area contributed by atoms with Gasteiger partial charge >= 0.3 is 0 Å². The van der Waals surface area contributed by atoms with E-state index in [1.165, 1.54) is 6.42 Å². The van der Waals surface area contributed by atoms with Crippen LogP contribution in [0, 0.1) is 11.8 Å². The lowest BCUT2D eigenvalue weighted by atomic mass is 10.3. The molecular formula is C11H19N3O. The molecule has 0 radical (unpaired) electrons. The molecule has 1 saturated carbocycles. The molecule has 0 aromatic carbocycles. The van der Waals surface area contributed by atoms with Gasteiger partial charge in [0.2, 0.25) is 0 Å². The van der Waals surface area contributed by atoms with Crippen LogP contribution in [0.25, 0.3) is 0 Å². The summed E-state index contributed by atoms with van der Waals surface area (Å²) in [4.78, 5) is 6.51. The summed E-state index contributed by atoms with van der Waals surface area (Å²) in [5.41, 5.74) is 0.961. The number of nitrogens with one attached hydrogen (secondary N) is 1. The summed E-state index contributed by atoms with van der Waals surface area (Å²) in [6.45, 7) is 4.11. The van der Waals surface area contributed by atoms with Crippen molar-refractivity contribution in [3.05, 3.63) is 12.0 Å². The van der Waals surface area contributed by atoms with E-state index in [1.54, 1.807) is 6.26 Å². The molecule has 0 spiro atoms. The average Bonchev–Trinajstić information content (AvgIpc) is 2.72. The van der Waals surface area contributed by atoms with Gasteiger partial charge in [-0.15, -0.1) is 0 Å². The van der Waals surface area contributed by atoms with Crippen molar-refractivity contribution < 1.29 is 4.42 Å². The molecule has 15 heavy (non-hydrogen) atoms. The molecule has 84 valence electrons. The van der Waals surface area contributed by atoms with Crippen molar-refractivity contribution in [3.63, 3.8) is 0 Å². The van der Waals surface area contributed by atoms with Gasteiger partial charge in [0.05, 0.1) is 5.69 Å². The standard InChI is InChI=1S/C11H19N3O/c1-8-4-9(8)6-14(3)11-13-10(5-12-2)7-15-11/h7-9,12H,4-6H2,1-3H3. The highest BCUT2D eigenvalue weighted by Crippen LogP contribution is 2.38. The van der Waals surface area contributed by atoms with Crippen molar-refractivity contribution >= 4 is 6.01 Å². The Bertz CT molecular complexity index is 323. The van der Waals surface area contributed by atoms with Gasteiger partial charge in [0.1, 0.15) is 6.26 Å². The van der Waals surface area contributed by atoms with Crippen LogP contribution in [0.2, 0.25) is 0 Å². The quantitative estimate of drug-likeness (QED) is 0.797. The van der Waals surface area contributed by atoms with E-state index in [0.717, 1.165) is 36.6 Å². The maximum absolute atomic E-state index is 5.42. The molecule has 0 aliphatic heterocycles. The summed E-state index contributed by atoms with van der Waals surface area (Å²) < 4.78 is 5.42. The Labute approximate surface area is 90.7 Å². The highest BCUT2D eigenvalue weighted by Gasteiger charge is 2.33. The number of hydrogen-bond acceptors (Lipinski definition) is 4. The largest absolute Gasteiger partial charge is 0.432 e. The van der Waals surface area contributed by atoms with Gasteiger partial charge in [-0.25, -0.2) is 0 Å². The van der Waals surface area contributed by atoms with Crippen LogP contribution in [0.3, 0.4) is 0 Å². The fourth-order valence-electron chi connectivity index (χ4n) is 1.82. The zero-order chi connectivity index (χ0) is 10.8. The van der Waals surface area contributed by atoms with Crippen LogP contribution in [-0.4, -0.2) is 25.6 Å². The molecule has 4 nitrogen and oxygen atoms in total. The van der Waals surface area contributed by atoms with Crippen LogP contribution in [0.15, 0.2) is 10.7 Å². The first-order valence-corrected chi connectivity index (χ1v) is 5.51. The van der Waals surface area contributed by atoms with Crippen molar-refractivity contribution in [1.82, 2.24) is 10.3 Å². The van der Waals surface area contributed by atoms with Crippen LogP contribution < -0.4 is 10.2 Å². The Kier molecular flexibility index (Phi) is 2.95. The number of oxazole rings is 1. The maximum Gasteiger partial charge on any atom is 0.297 e. The van der Waals surface area contributed by atoms with Crippen LogP contribution in [-0.2, 0) is 6.54 Å². The van der Waals surface area contributed by atoms with Gasteiger partial charge in [-0.05, 0) is 25.3 Å². The lowest BCUT2D eigenvalue weighted by Gasteiger charge is -2.13. The van der Waals surface area contributed by atoms with E-state index in [2.05, 4.69) is 22.1 Å². The molecule has 2 unspecified atom stereocenters. The molecule has 0 amide bonds. The average molecular weight is 209 g/mol. The van der Waals surface area contributed by atoms with Gasteiger partial charge < -0.3 is 14.6 Å². The van der Waals surface area contributed by atoms with Gasteiger partial charge in [0.15, 0.2) is 0 Å². The lowest BCUT2D eigenvalue weighted by Crippen LogP contribution is -2.20. The second-order valence-electron chi connectivity index (χ2n) is 4.51. The Morgan fingerprint density at radius 3 is 3.00 bits per heavy atom. The number of rotatable bonds is 5. The van der Waals surface area contributed by atoms with Gasteiger partial charge in [-0.3, -0.25) is 0 Å². The molecule has 0 bridgehead atoms. The Balaban J connectivity index is 1.90. The zero-order valence-electron chi connectivity index (χ0n) is 9.66. The van der Waals surface area contributed by atoms with Crippen LogP contribution in [0.4, 0.5) is 6.01 Å². The first-order valence-electron chi connectivity index (χ1n) is 5.51. The maximum atomic E-state index is 5.42. The fraction of sp³-hybridized carbons (Fsp3) is 0.727. The van der Waals surface area contributed by atoms with Gasteiger partial charge in [0.25, 0.3) is 6.01 Å². The Morgan fingerprint density at radius 2 is 2.40 bits per heavy atom. The summed E-state index contributed by atoms with van der Waals surface area (Å²) >= 11 is 0. The van der Waals surface area contributed by atoms with E-state index in [9.17, 15) is 0 Å². The second kappa shape index (κ2) is 4.23. The van der Waals surface area contributed by atoms with Crippen molar-refractivity contribution in [2.75, 3.05) is 25.5 Å². The molecule has 1 aliphatic rings. The zero-order valence-corrected chi connectivity index (χ0v) is 9.66. The Morgan fingerprint density at radius 1 is 1.67 bits per heavy atom. The number of anilines is 1. The monoisotopic (exact) mass is 209 g/mol. The molecule has 1 aromatic rings. The molecule has 1 aromatic heterocycles. The lowest BCUT2D eigenvalue weighted by molar-refractivity contribution is 0.536. The predicted molar refractivity (Wildman–Crippen MR) is 59.8 cm³/mol. The topological polar surface area (TPSA) is 41.3 Å². The van der Waals surface area contributed by atoms with Crippen molar-refractivity contribution in [1.29, 1.82) is 0 Å². The summed E-state index contributed by atoms with van der Waals surface area (Å²) in [6.07, 6.45) is 3.06. The molecule has 2 atom stereocenters. The SMILES string of the molecule is CNCc1coc(N(C)CC2CC2C)n1. The smallest absolute Gasteiger partial charge is 0.297 e. The molecule has 4 heteroatoms. The van der Waals surface area contributed by atoms with Crippen molar-refractivity contribution in [3.8, 4) is 0 Å². The normalized spacial score (nSPS) is 24.2. The highest BCUT2D eigenvalue weighted by atomic mass is 16.4. The summed E-state index contributed by atoms with van der Waals surface area (Å²) in [5.74, 6) is 1.70. The van der Waals surface area contributed by atoms with E-state index in [0.29, 0.717) is 0 Å². The molecule has 1 fully saturated rings. The fourth-order valence-corrected chi connectivity index (χ4v) is 1.82. The minimum Gasteiger partial charge on any atom is -0.432 e. The van der Waals surface area contributed by atoms with Gasteiger partial charge in [-0.2, -0.15) is 4.98 Å². The summed E-state index contributed by atoms with van der Waals surface area (Å²) in [6, 6.07) is 0.736. The van der Waals surface area contributed by atoms with E-state index in [-0.39, 0.29) is 0 Å². The number of nitrogens with zero attached hydrogens (tertiary/aromatic N) is 2.